The molecule has 0 saturated heterocycles. The second-order valence-corrected chi connectivity index (χ2v) is 5.42. The van der Waals surface area contributed by atoms with E-state index in [9.17, 15) is 13.2 Å². The van der Waals surface area contributed by atoms with Crippen LogP contribution in [0.2, 0.25) is 0 Å². The van der Waals surface area contributed by atoms with Gasteiger partial charge in [0.05, 0.1) is 19.1 Å². The molecule has 4 unspecified atom stereocenters. The topological polar surface area (TPSA) is 21.3 Å². The maximum absolute atomic E-state index is 12.1. The lowest BCUT2D eigenvalue weighted by Crippen LogP contribution is -2.49. The minimum Gasteiger partial charge on any atom is -0.376 e. The van der Waals surface area contributed by atoms with E-state index in [1.54, 1.807) is 0 Å². The number of ether oxygens (including phenoxy) is 1. The van der Waals surface area contributed by atoms with E-state index in [0.717, 1.165) is 19.4 Å². The van der Waals surface area contributed by atoms with Crippen LogP contribution in [-0.2, 0) is 4.74 Å². The summed E-state index contributed by atoms with van der Waals surface area (Å²) in [6.07, 6.45) is -3.07. The van der Waals surface area contributed by atoms with Gasteiger partial charge in [0.25, 0.3) is 0 Å². The highest BCUT2D eigenvalue weighted by Gasteiger charge is 2.35. The van der Waals surface area contributed by atoms with Crippen molar-refractivity contribution in [2.45, 2.75) is 58.4 Å². The molecule has 4 atom stereocenters. The van der Waals surface area contributed by atoms with E-state index in [1.165, 1.54) is 0 Å². The van der Waals surface area contributed by atoms with Crippen LogP contribution in [0.4, 0.5) is 13.2 Å². The molecule has 108 valence electrons. The molecule has 0 aliphatic heterocycles. The van der Waals surface area contributed by atoms with E-state index < -0.39 is 12.6 Å². The zero-order valence-electron chi connectivity index (χ0n) is 11.4. The van der Waals surface area contributed by atoms with Crippen LogP contribution in [0.15, 0.2) is 0 Å². The third-order valence-corrected chi connectivity index (χ3v) is 3.55. The van der Waals surface area contributed by atoms with Gasteiger partial charge in [-0.15, -0.1) is 0 Å². The smallest absolute Gasteiger partial charge is 0.376 e. The monoisotopic (exact) mass is 267 g/mol. The van der Waals surface area contributed by atoms with Gasteiger partial charge in [-0.05, 0) is 31.2 Å². The number of nitrogens with one attached hydrogen (secondary N) is 1. The summed E-state index contributed by atoms with van der Waals surface area (Å²) in [4.78, 5) is 0. The molecule has 18 heavy (non-hydrogen) atoms. The molecule has 0 radical (unpaired) electrons. The molecule has 0 amide bonds. The lowest BCUT2D eigenvalue weighted by molar-refractivity contribution is -0.155. The van der Waals surface area contributed by atoms with E-state index in [0.29, 0.717) is 11.8 Å². The van der Waals surface area contributed by atoms with Crippen molar-refractivity contribution >= 4 is 0 Å². The Bertz CT molecular complexity index is 245. The Kier molecular flexibility index (Phi) is 5.92. The lowest BCUT2D eigenvalue weighted by atomic mass is 9.78. The highest BCUT2D eigenvalue weighted by atomic mass is 19.4. The molecule has 0 heterocycles. The van der Waals surface area contributed by atoms with Crippen molar-refractivity contribution in [3.05, 3.63) is 0 Å². The normalized spacial score (nSPS) is 33.7. The second kappa shape index (κ2) is 6.75. The van der Waals surface area contributed by atoms with Crippen molar-refractivity contribution < 1.29 is 17.9 Å². The summed E-state index contributed by atoms with van der Waals surface area (Å²) >= 11 is 0. The first-order valence-corrected chi connectivity index (χ1v) is 6.75. The molecule has 0 aromatic carbocycles. The number of halogens is 3. The predicted octanol–water partition coefficient (Wildman–Crippen LogP) is 3.37. The quantitative estimate of drug-likeness (QED) is 0.824. The fraction of sp³-hybridized carbons (Fsp3) is 1.00. The van der Waals surface area contributed by atoms with Crippen LogP contribution < -0.4 is 5.32 Å². The predicted molar refractivity (Wildman–Crippen MR) is 65.4 cm³/mol. The Morgan fingerprint density at radius 1 is 1.22 bits per heavy atom. The van der Waals surface area contributed by atoms with Gasteiger partial charge in [-0.3, -0.25) is 0 Å². The van der Waals surface area contributed by atoms with Crippen LogP contribution >= 0.6 is 0 Å². The molecule has 0 aromatic heterocycles. The van der Waals surface area contributed by atoms with E-state index in [-0.39, 0.29) is 18.8 Å². The molecule has 1 rings (SSSR count). The molecule has 0 aromatic rings. The van der Waals surface area contributed by atoms with Gasteiger partial charge in [-0.25, -0.2) is 0 Å². The summed E-state index contributed by atoms with van der Waals surface area (Å²) in [5, 5.41) is 3.34. The number of hydrogen-bond donors (Lipinski definition) is 1. The molecule has 5 heteroatoms. The van der Waals surface area contributed by atoms with Gasteiger partial charge in [0.2, 0.25) is 0 Å². The first kappa shape index (κ1) is 15.8. The van der Waals surface area contributed by atoms with Crippen LogP contribution in [-0.4, -0.2) is 31.5 Å². The van der Waals surface area contributed by atoms with Gasteiger partial charge in [-0.2, -0.15) is 13.2 Å². The SMILES string of the molecule is CCNC1CC(C)CC(C)C1OCCC(F)(F)F. The van der Waals surface area contributed by atoms with E-state index in [1.807, 2.05) is 6.92 Å². The number of hydrogen-bond acceptors (Lipinski definition) is 2. The van der Waals surface area contributed by atoms with Crippen LogP contribution in [0, 0.1) is 11.8 Å². The van der Waals surface area contributed by atoms with E-state index in [4.69, 9.17) is 4.74 Å². The van der Waals surface area contributed by atoms with Crippen molar-refractivity contribution in [3.8, 4) is 0 Å². The second-order valence-electron chi connectivity index (χ2n) is 5.42. The first-order valence-electron chi connectivity index (χ1n) is 6.75. The minimum absolute atomic E-state index is 0.0940. The highest BCUT2D eigenvalue weighted by Crippen LogP contribution is 2.31. The van der Waals surface area contributed by atoms with Crippen LogP contribution in [0.5, 0.6) is 0 Å². The summed E-state index contributed by atoms with van der Waals surface area (Å²) in [7, 11) is 0. The summed E-state index contributed by atoms with van der Waals surface area (Å²) in [5.74, 6) is 0.914. The van der Waals surface area contributed by atoms with Gasteiger partial charge in [0, 0.05) is 6.04 Å². The van der Waals surface area contributed by atoms with Crippen LogP contribution in [0.3, 0.4) is 0 Å². The Morgan fingerprint density at radius 3 is 2.44 bits per heavy atom. The van der Waals surface area contributed by atoms with Crippen molar-refractivity contribution in [3.63, 3.8) is 0 Å². The molecular weight excluding hydrogens is 243 g/mol. The first-order chi connectivity index (χ1) is 8.33. The van der Waals surface area contributed by atoms with Gasteiger partial charge in [0.1, 0.15) is 0 Å². The molecule has 1 N–H and O–H groups in total. The largest absolute Gasteiger partial charge is 0.391 e. The van der Waals surface area contributed by atoms with Crippen LogP contribution in [0.1, 0.15) is 40.0 Å². The van der Waals surface area contributed by atoms with Gasteiger partial charge in [-0.1, -0.05) is 20.8 Å². The average molecular weight is 267 g/mol. The average Bonchev–Trinajstić information content (AvgIpc) is 2.20. The number of rotatable bonds is 5. The standard InChI is InChI=1S/C13H24F3NO/c1-4-17-11-8-9(2)7-10(3)12(11)18-6-5-13(14,15)16/h9-12,17H,4-8H2,1-3H3. The van der Waals surface area contributed by atoms with Gasteiger partial charge >= 0.3 is 6.18 Å². The maximum Gasteiger partial charge on any atom is 0.391 e. The fourth-order valence-electron chi connectivity index (χ4n) is 2.88. The molecule has 1 fully saturated rings. The van der Waals surface area contributed by atoms with Crippen molar-refractivity contribution in [2.75, 3.05) is 13.2 Å². The minimum atomic E-state index is -4.13. The van der Waals surface area contributed by atoms with Crippen LogP contribution in [0.25, 0.3) is 0 Å². The van der Waals surface area contributed by atoms with Crippen molar-refractivity contribution in [2.24, 2.45) is 11.8 Å². The third-order valence-electron chi connectivity index (χ3n) is 3.55. The van der Waals surface area contributed by atoms with E-state index in [2.05, 4.69) is 19.2 Å². The van der Waals surface area contributed by atoms with Crippen molar-refractivity contribution in [1.82, 2.24) is 5.32 Å². The summed E-state index contributed by atoms with van der Waals surface area (Å²) in [6.45, 7) is 6.86. The van der Waals surface area contributed by atoms with Gasteiger partial charge < -0.3 is 10.1 Å². The molecule has 0 bridgehead atoms. The van der Waals surface area contributed by atoms with Gasteiger partial charge in [0.15, 0.2) is 0 Å². The summed E-state index contributed by atoms with van der Waals surface area (Å²) in [5.41, 5.74) is 0. The molecular formula is C13H24F3NO. The zero-order chi connectivity index (χ0) is 13.8. The van der Waals surface area contributed by atoms with Crippen molar-refractivity contribution in [1.29, 1.82) is 0 Å². The fourth-order valence-corrected chi connectivity index (χ4v) is 2.88. The third kappa shape index (κ3) is 5.14. The Balaban J connectivity index is 2.48. The molecule has 0 spiro atoms. The maximum atomic E-state index is 12.1. The zero-order valence-corrected chi connectivity index (χ0v) is 11.4. The lowest BCUT2D eigenvalue weighted by Gasteiger charge is -2.39. The molecule has 2 nitrogen and oxygen atoms in total. The Hall–Kier alpha value is -0.290. The highest BCUT2D eigenvalue weighted by molar-refractivity contribution is 4.88. The molecule has 1 aliphatic rings. The summed E-state index contributed by atoms with van der Waals surface area (Å²) in [6, 6.07) is 0.182. The Labute approximate surface area is 107 Å². The number of likely N-dealkylation sites (N-methyl/N-ethyl adjacent to an activating group) is 1. The van der Waals surface area contributed by atoms with E-state index >= 15 is 0 Å². The molecule has 1 aliphatic carbocycles. The number of alkyl halides is 3. The molecule has 1 saturated carbocycles. The summed E-state index contributed by atoms with van der Waals surface area (Å²) < 4.78 is 41.9. The Morgan fingerprint density at radius 2 is 1.89 bits per heavy atom.